The molecule has 0 amide bonds. The maximum absolute atomic E-state index is 5.81. The van der Waals surface area contributed by atoms with E-state index in [4.69, 9.17) is 9.62 Å². The highest BCUT2D eigenvalue weighted by atomic mass is 17.2. The van der Waals surface area contributed by atoms with E-state index < -0.39 is 0 Å². The van der Waals surface area contributed by atoms with E-state index in [9.17, 15) is 0 Å². The van der Waals surface area contributed by atoms with Crippen LogP contribution in [0.25, 0.3) is 22.2 Å². The maximum atomic E-state index is 5.81. The van der Waals surface area contributed by atoms with Gasteiger partial charge >= 0.3 is 0 Å². The van der Waals surface area contributed by atoms with Crippen molar-refractivity contribution in [2.24, 2.45) is 0 Å². The third kappa shape index (κ3) is 4.20. The quantitative estimate of drug-likeness (QED) is 0.231. The lowest BCUT2D eigenvalue weighted by Gasteiger charge is -2.14. The van der Waals surface area contributed by atoms with Crippen molar-refractivity contribution < 1.29 is 14.5 Å². The van der Waals surface area contributed by atoms with E-state index >= 15 is 0 Å². The molecule has 6 nitrogen and oxygen atoms in total. The number of hydrogen-bond donors (Lipinski definition) is 0. The van der Waals surface area contributed by atoms with Crippen LogP contribution in [0.3, 0.4) is 0 Å². The number of fused-ring (bicyclic) bond motifs is 1. The van der Waals surface area contributed by atoms with Gasteiger partial charge in [0.05, 0.1) is 12.5 Å². The summed E-state index contributed by atoms with van der Waals surface area (Å²) in [6.45, 7) is 3.55. The second-order valence-electron chi connectivity index (χ2n) is 6.85. The van der Waals surface area contributed by atoms with Gasteiger partial charge in [-0.2, -0.15) is 0 Å². The van der Waals surface area contributed by atoms with Crippen molar-refractivity contribution in [1.82, 2.24) is 14.5 Å². The van der Waals surface area contributed by atoms with Crippen LogP contribution in [0.4, 0.5) is 0 Å². The molecule has 4 rings (SSSR count). The molecule has 0 spiro atoms. The normalized spacial score (nSPS) is 11.1. The molecule has 154 valence electrons. The molecule has 2 aromatic carbocycles. The van der Waals surface area contributed by atoms with Gasteiger partial charge in [-0.05, 0) is 29.2 Å². The number of hydrogen-bond acceptors (Lipinski definition) is 5. The Bertz CT molecular complexity index is 1110. The van der Waals surface area contributed by atoms with Crippen molar-refractivity contribution in [2.75, 3.05) is 20.3 Å². The molecule has 0 aliphatic rings. The van der Waals surface area contributed by atoms with Crippen LogP contribution in [0.15, 0.2) is 67.0 Å². The lowest BCUT2D eigenvalue weighted by molar-refractivity contribution is -0.275. The van der Waals surface area contributed by atoms with Crippen molar-refractivity contribution in [3.05, 3.63) is 78.2 Å². The predicted molar refractivity (Wildman–Crippen MR) is 116 cm³/mol. The number of benzene rings is 2. The summed E-state index contributed by atoms with van der Waals surface area (Å²) in [6, 6.07) is 21.1. The van der Waals surface area contributed by atoms with E-state index in [2.05, 4.69) is 80.9 Å². The summed E-state index contributed by atoms with van der Waals surface area (Å²) in [5, 5.41) is 0.906. The lowest BCUT2D eigenvalue weighted by Crippen LogP contribution is -2.08. The summed E-state index contributed by atoms with van der Waals surface area (Å²) in [5.74, 6) is 0.560. The first-order valence-electron chi connectivity index (χ1n) is 10.1. The molecular weight excluding hydrogens is 378 g/mol. The Labute approximate surface area is 176 Å². The first-order chi connectivity index (χ1) is 14.8. The minimum absolute atomic E-state index is 0.327. The minimum Gasteiger partial charge on any atom is -0.475 e. The van der Waals surface area contributed by atoms with E-state index in [1.54, 1.807) is 6.33 Å². The van der Waals surface area contributed by atoms with Gasteiger partial charge in [-0.1, -0.05) is 61.5 Å². The molecule has 30 heavy (non-hydrogen) atoms. The highest BCUT2D eigenvalue weighted by Gasteiger charge is 2.16. The Balaban J connectivity index is 1.70. The molecule has 0 aliphatic carbocycles. The molecule has 0 radical (unpaired) electrons. The molecule has 0 bridgehead atoms. The zero-order valence-corrected chi connectivity index (χ0v) is 17.2. The molecule has 0 saturated heterocycles. The van der Waals surface area contributed by atoms with E-state index in [0.29, 0.717) is 19.1 Å². The molecule has 0 fully saturated rings. The Hall–Kier alpha value is -3.22. The van der Waals surface area contributed by atoms with Crippen LogP contribution in [-0.2, 0) is 22.7 Å². The van der Waals surface area contributed by atoms with Crippen LogP contribution in [0.1, 0.15) is 18.2 Å². The van der Waals surface area contributed by atoms with E-state index in [1.807, 2.05) is 6.07 Å². The Morgan fingerprint density at radius 3 is 2.53 bits per heavy atom. The molecular formula is C24H25N3O3. The molecule has 0 N–H and O–H groups in total. The zero-order chi connectivity index (χ0) is 20.8. The Morgan fingerprint density at radius 2 is 1.73 bits per heavy atom. The van der Waals surface area contributed by atoms with Gasteiger partial charge in [0.1, 0.15) is 25.2 Å². The topological polar surface area (TPSA) is 58.4 Å². The third-order valence-electron chi connectivity index (χ3n) is 5.06. The maximum Gasteiger partial charge on any atom is 0.226 e. The number of ether oxygens (including phenoxy) is 1. The second-order valence-corrected chi connectivity index (χ2v) is 6.85. The van der Waals surface area contributed by atoms with Gasteiger partial charge in [0.25, 0.3) is 0 Å². The van der Waals surface area contributed by atoms with Crippen molar-refractivity contribution in [3.63, 3.8) is 0 Å². The predicted octanol–water partition coefficient (Wildman–Crippen LogP) is 4.67. The average molecular weight is 403 g/mol. The fourth-order valence-electron chi connectivity index (χ4n) is 3.66. The summed E-state index contributed by atoms with van der Waals surface area (Å²) in [7, 11) is 1.48. The first kappa shape index (κ1) is 20.1. The molecule has 0 aliphatic heterocycles. The average Bonchev–Trinajstić information content (AvgIpc) is 3.16. The smallest absolute Gasteiger partial charge is 0.226 e. The van der Waals surface area contributed by atoms with Gasteiger partial charge in [0.15, 0.2) is 0 Å². The van der Waals surface area contributed by atoms with Crippen LogP contribution in [0.2, 0.25) is 0 Å². The zero-order valence-electron chi connectivity index (χ0n) is 17.2. The molecule has 2 aromatic heterocycles. The molecule has 0 atom stereocenters. The second kappa shape index (κ2) is 9.52. The van der Waals surface area contributed by atoms with Gasteiger partial charge in [0, 0.05) is 12.2 Å². The van der Waals surface area contributed by atoms with Crippen LogP contribution in [0, 0.1) is 0 Å². The van der Waals surface area contributed by atoms with Crippen LogP contribution >= 0.6 is 0 Å². The third-order valence-corrected chi connectivity index (χ3v) is 5.06. The van der Waals surface area contributed by atoms with Gasteiger partial charge < -0.3 is 9.30 Å². The number of aromatic nitrogens is 3. The van der Waals surface area contributed by atoms with Crippen LogP contribution in [-0.4, -0.2) is 34.9 Å². The van der Waals surface area contributed by atoms with Gasteiger partial charge in [-0.15, -0.1) is 0 Å². The summed E-state index contributed by atoms with van der Waals surface area (Å²) in [4.78, 5) is 18.4. The lowest BCUT2D eigenvalue weighted by atomic mass is 9.99. The largest absolute Gasteiger partial charge is 0.475 e. The molecule has 4 aromatic rings. The summed E-state index contributed by atoms with van der Waals surface area (Å²) in [5.41, 5.74) is 5.73. The molecule has 0 saturated carbocycles. The summed E-state index contributed by atoms with van der Waals surface area (Å²) >= 11 is 0. The summed E-state index contributed by atoms with van der Waals surface area (Å²) < 4.78 is 8.06. The van der Waals surface area contributed by atoms with Gasteiger partial charge in [-0.25, -0.2) is 19.7 Å². The van der Waals surface area contributed by atoms with Gasteiger partial charge in [0.2, 0.25) is 5.88 Å². The van der Waals surface area contributed by atoms with Crippen LogP contribution in [0.5, 0.6) is 5.88 Å². The van der Waals surface area contributed by atoms with Crippen molar-refractivity contribution >= 4 is 11.0 Å². The number of nitrogens with zero attached hydrogens (tertiary/aromatic N) is 3. The number of aryl methyl sites for hydroxylation is 1. The van der Waals surface area contributed by atoms with E-state index in [-0.39, 0.29) is 0 Å². The van der Waals surface area contributed by atoms with Crippen LogP contribution < -0.4 is 4.74 Å². The monoisotopic (exact) mass is 403 g/mol. The first-order valence-corrected chi connectivity index (χ1v) is 10.1. The fraction of sp³-hybridized carbons (Fsp3) is 0.250. The van der Waals surface area contributed by atoms with Gasteiger partial charge in [-0.3, -0.25) is 0 Å². The van der Waals surface area contributed by atoms with Crippen molar-refractivity contribution in [3.8, 4) is 17.0 Å². The summed E-state index contributed by atoms with van der Waals surface area (Å²) in [6.07, 6.45) is 2.43. The minimum atomic E-state index is 0.327. The molecule has 6 heteroatoms. The van der Waals surface area contributed by atoms with E-state index in [0.717, 1.165) is 24.0 Å². The number of rotatable bonds is 9. The highest BCUT2D eigenvalue weighted by molar-refractivity contribution is 5.82. The fourth-order valence-corrected chi connectivity index (χ4v) is 3.66. The SMILES string of the molecule is CCc1cc2c(OCCOOC)ncnc2n1Cc1ccccc1-c1ccccc1. The van der Waals surface area contributed by atoms with E-state index in [1.165, 1.54) is 29.5 Å². The highest BCUT2D eigenvalue weighted by Crippen LogP contribution is 2.29. The van der Waals surface area contributed by atoms with Crippen molar-refractivity contribution in [1.29, 1.82) is 0 Å². The standard InChI is InChI=1S/C24H25N3O3/c1-3-20-15-22-23(25-17-26-24(22)29-13-14-30-28-2)27(20)16-19-11-7-8-12-21(19)18-9-5-4-6-10-18/h4-12,15,17H,3,13-14,16H2,1-2H3. The van der Waals surface area contributed by atoms with Crippen molar-refractivity contribution in [2.45, 2.75) is 19.9 Å². The molecule has 2 heterocycles. The Kier molecular flexibility index (Phi) is 6.37. The Morgan fingerprint density at radius 1 is 0.933 bits per heavy atom. The molecule has 0 unspecified atom stereocenters.